The number of rotatable bonds is 10. The molecule has 2 aromatic rings. The van der Waals surface area contributed by atoms with Gasteiger partial charge >= 0.3 is 0 Å². The Bertz CT molecular complexity index is 609. The predicted octanol–water partition coefficient (Wildman–Crippen LogP) is 5.92. The molecule has 0 aliphatic heterocycles. The molecule has 0 spiro atoms. The molecule has 130 valence electrons. The van der Waals surface area contributed by atoms with Crippen LogP contribution >= 0.6 is 0 Å². The van der Waals surface area contributed by atoms with Gasteiger partial charge in [0.25, 0.3) is 0 Å². The molecule has 3 heteroatoms. The van der Waals surface area contributed by atoms with Crippen LogP contribution in [0.1, 0.15) is 45.4 Å². The Kier molecular flexibility index (Phi) is 8.03. The van der Waals surface area contributed by atoms with Crippen molar-refractivity contribution >= 4 is 22.2 Å². The molecule has 2 rings (SSSR count). The summed E-state index contributed by atoms with van der Waals surface area (Å²) in [5.74, 6) is 0. The highest BCUT2D eigenvalue weighted by Crippen LogP contribution is 2.26. The van der Waals surface area contributed by atoms with Crippen LogP contribution in [-0.2, 0) is 10.8 Å². The summed E-state index contributed by atoms with van der Waals surface area (Å²) in [6.45, 7) is 3.27. The molecule has 0 aliphatic rings. The van der Waals surface area contributed by atoms with Crippen molar-refractivity contribution in [2.45, 2.75) is 50.3 Å². The Morgan fingerprint density at radius 1 is 0.792 bits per heavy atom. The van der Waals surface area contributed by atoms with E-state index in [2.05, 4.69) is 54.3 Å². The fraction of sp³-hybridized carbons (Fsp3) is 0.429. The molecule has 0 saturated heterocycles. The van der Waals surface area contributed by atoms with Crippen molar-refractivity contribution in [1.29, 1.82) is 0 Å². The number of para-hydroxylation sites is 1. The van der Waals surface area contributed by atoms with E-state index in [-0.39, 0.29) is 0 Å². The van der Waals surface area contributed by atoms with Gasteiger partial charge in [-0.15, -0.1) is 0 Å². The standard InChI is InChI=1S/C21H29NOS/c1-3-4-5-6-7-11-18-22(19-12-9-8-10-13-19)20-14-16-21(17-15-20)24(2)23/h8-10,12-17H,3-7,11,18H2,1-2H3. The molecule has 1 atom stereocenters. The average Bonchev–Trinajstić information content (AvgIpc) is 2.62. The SMILES string of the molecule is CCCCCCCCN(c1ccccc1)c1ccc(S(C)=O)cc1. The summed E-state index contributed by atoms with van der Waals surface area (Å²) in [7, 11) is -0.924. The van der Waals surface area contributed by atoms with Crippen LogP contribution in [0, 0.1) is 0 Å². The number of nitrogens with zero attached hydrogens (tertiary/aromatic N) is 1. The number of hydrogen-bond donors (Lipinski definition) is 0. The molecular formula is C21H29NOS. The van der Waals surface area contributed by atoms with Gasteiger partial charge in [-0.1, -0.05) is 57.2 Å². The van der Waals surface area contributed by atoms with Gasteiger partial charge in [-0.25, -0.2) is 0 Å². The molecule has 0 heterocycles. The lowest BCUT2D eigenvalue weighted by Gasteiger charge is -2.25. The second kappa shape index (κ2) is 10.3. The van der Waals surface area contributed by atoms with Crippen LogP contribution < -0.4 is 4.90 Å². The van der Waals surface area contributed by atoms with Crippen LogP contribution in [-0.4, -0.2) is 17.0 Å². The summed E-state index contributed by atoms with van der Waals surface area (Å²) in [6, 6.07) is 18.6. The van der Waals surface area contributed by atoms with Crippen molar-refractivity contribution in [2.24, 2.45) is 0 Å². The highest BCUT2D eigenvalue weighted by molar-refractivity contribution is 7.84. The van der Waals surface area contributed by atoms with Gasteiger partial charge < -0.3 is 4.90 Å². The first-order chi connectivity index (χ1) is 11.7. The second-order valence-electron chi connectivity index (χ2n) is 6.20. The first kappa shape index (κ1) is 18.7. The maximum Gasteiger partial charge on any atom is 0.0498 e. The smallest absolute Gasteiger partial charge is 0.0498 e. The van der Waals surface area contributed by atoms with E-state index in [1.165, 1.54) is 49.9 Å². The van der Waals surface area contributed by atoms with Gasteiger partial charge in [-0.05, 0) is 42.8 Å². The molecule has 1 unspecified atom stereocenters. The van der Waals surface area contributed by atoms with Crippen LogP contribution in [0.4, 0.5) is 11.4 Å². The van der Waals surface area contributed by atoms with Gasteiger partial charge in [0.1, 0.15) is 0 Å². The van der Waals surface area contributed by atoms with Crippen molar-refractivity contribution in [2.75, 3.05) is 17.7 Å². The molecular weight excluding hydrogens is 314 g/mol. The molecule has 0 radical (unpaired) electrons. The highest BCUT2D eigenvalue weighted by Gasteiger charge is 2.09. The highest BCUT2D eigenvalue weighted by atomic mass is 32.2. The third kappa shape index (κ3) is 5.79. The quantitative estimate of drug-likeness (QED) is 0.499. The third-order valence-electron chi connectivity index (χ3n) is 4.28. The van der Waals surface area contributed by atoms with E-state index < -0.39 is 10.8 Å². The number of hydrogen-bond acceptors (Lipinski definition) is 2. The summed E-state index contributed by atoms with van der Waals surface area (Å²) in [5.41, 5.74) is 2.39. The van der Waals surface area contributed by atoms with E-state index in [1.54, 1.807) is 6.26 Å². The van der Waals surface area contributed by atoms with Crippen molar-refractivity contribution in [3.63, 3.8) is 0 Å². The van der Waals surface area contributed by atoms with E-state index >= 15 is 0 Å². The lowest BCUT2D eigenvalue weighted by Crippen LogP contribution is -2.18. The molecule has 0 saturated carbocycles. The lowest BCUT2D eigenvalue weighted by atomic mass is 10.1. The topological polar surface area (TPSA) is 20.3 Å². The molecule has 24 heavy (non-hydrogen) atoms. The molecule has 2 aromatic carbocycles. The van der Waals surface area contributed by atoms with Crippen molar-refractivity contribution in [3.05, 3.63) is 54.6 Å². The maximum atomic E-state index is 11.6. The van der Waals surface area contributed by atoms with E-state index in [0.717, 1.165) is 11.4 Å². The molecule has 0 bridgehead atoms. The Hall–Kier alpha value is -1.61. The predicted molar refractivity (Wildman–Crippen MR) is 106 cm³/mol. The van der Waals surface area contributed by atoms with E-state index in [4.69, 9.17) is 0 Å². The van der Waals surface area contributed by atoms with Gasteiger partial charge in [0.15, 0.2) is 0 Å². The molecule has 0 aliphatic carbocycles. The van der Waals surface area contributed by atoms with E-state index in [9.17, 15) is 4.21 Å². The van der Waals surface area contributed by atoms with Crippen molar-refractivity contribution in [3.8, 4) is 0 Å². The Balaban J connectivity index is 2.04. The molecule has 0 aromatic heterocycles. The van der Waals surface area contributed by atoms with Crippen LogP contribution in [0.25, 0.3) is 0 Å². The first-order valence-electron chi connectivity index (χ1n) is 8.98. The zero-order valence-corrected chi connectivity index (χ0v) is 15.7. The fourth-order valence-corrected chi connectivity index (χ4v) is 3.40. The number of benzene rings is 2. The normalized spacial score (nSPS) is 12.1. The summed E-state index contributed by atoms with van der Waals surface area (Å²) in [4.78, 5) is 3.24. The van der Waals surface area contributed by atoms with Crippen LogP contribution in [0.5, 0.6) is 0 Å². The minimum absolute atomic E-state index is 0.881. The Morgan fingerprint density at radius 3 is 2.00 bits per heavy atom. The van der Waals surface area contributed by atoms with Gasteiger partial charge in [-0.2, -0.15) is 0 Å². The lowest BCUT2D eigenvalue weighted by molar-refractivity contribution is 0.609. The summed E-state index contributed by atoms with van der Waals surface area (Å²) in [5, 5.41) is 0. The summed E-state index contributed by atoms with van der Waals surface area (Å²) >= 11 is 0. The van der Waals surface area contributed by atoms with Gasteiger partial charge in [-0.3, -0.25) is 4.21 Å². The largest absolute Gasteiger partial charge is 0.341 e. The number of anilines is 2. The zero-order valence-electron chi connectivity index (χ0n) is 14.9. The zero-order chi connectivity index (χ0) is 17.2. The second-order valence-corrected chi connectivity index (χ2v) is 7.58. The Labute approximate surface area is 149 Å². The molecule has 0 amide bonds. The van der Waals surface area contributed by atoms with Gasteiger partial charge in [0.05, 0.1) is 0 Å². The van der Waals surface area contributed by atoms with Gasteiger partial charge in [0, 0.05) is 39.9 Å². The van der Waals surface area contributed by atoms with Gasteiger partial charge in [0.2, 0.25) is 0 Å². The third-order valence-corrected chi connectivity index (χ3v) is 5.22. The Morgan fingerprint density at radius 2 is 1.38 bits per heavy atom. The van der Waals surface area contributed by atoms with Crippen molar-refractivity contribution < 1.29 is 4.21 Å². The van der Waals surface area contributed by atoms with E-state index in [0.29, 0.717) is 0 Å². The molecule has 0 N–H and O–H groups in total. The summed E-state index contributed by atoms with van der Waals surface area (Å²) in [6.07, 6.45) is 9.50. The van der Waals surface area contributed by atoms with Crippen LogP contribution in [0.15, 0.2) is 59.5 Å². The molecule has 2 nitrogen and oxygen atoms in total. The minimum Gasteiger partial charge on any atom is -0.341 e. The fourth-order valence-electron chi connectivity index (χ4n) is 2.88. The minimum atomic E-state index is -0.924. The van der Waals surface area contributed by atoms with Crippen molar-refractivity contribution in [1.82, 2.24) is 0 Å². The van der Waals surface area contributed by atoms with Crippen LogP contribution in [0.2, 0.25) is 0 Å². The summed E-state index contributed by atoms with van der Waals surface area (Å²) < 4.78 is 11.6. The van der Waals surface area contributed by atoms with E-state index in [1.807, 2.05) is 12.1 Å². The monoisotopic (exact) mass is 343 g/mol. The first-order valence-corrected chi connectivity index (χ1v) is 10.5. The average molecular weight is 344 g/mol. The van der Waals surface area contributed by atoms with Crippen LogP contribution in [0.3, 0.4) is 0 Å². The molecule has 0 fully saturated rings. The maximum absolute atomic E-state index is 11.6. The number of unbranched alkanes of at least 4 members (excludes halogenated alkanes) is 5.